The van der Waals surface area contributed by atoms with Crippen molar-refractivity contribution in [3.8, 4) is 27.9 Å². The van der Waals surface area contributed by atoms with E-state index in [9.17, 15) is 0 Å². The number of fused-ring (bicyclic) bond motifs is 9. The molecule has 4 bridgehead atoms. The van der Waals surface area contributed by atoms with Gasteiger partial charge in [-0.1, -0.05) is 228 Å². The van der Waals surface area contributed by atoms with Crippen LogP contribution in [0, 0.1) is 18.8 Å². The molecule has 0 spiro atoms. The summed E-state index contributed by atoms with van der Waals surface area (Å²) in [5.74, 6) is 1.63. The lowest BCUT2D eigenvalue weighted by Crippen LogP contribution is -2.56. The first kappa shape index (κ1) is 51.6. The lowest BCUT2D eigenvalue weighted by Gasteiger charge is -2.63. The van der Waals surface area contributed by atoms with Crippen molar-refractivity contribution in [1.29, 1.82) is 0 Å². The quantitative estimate of drug-likeness (QED) is 0.0532. The molecule has 0 amide bonds. The van der Waals surface area contributed by atoms with Gasteiger partial charge in [-0.2, -0.15) is 0 Å². The molecule has 1 heterocycles. The van der Waals surface area contributed by atoms with Crippen molar-refractivity contribution >= 4 is 27.9 Å². The highest BCUT2D eigenvalue weighted by Gasteiger charge is 2.59. The molecule has 1 aromatic heterocycles. The standard InChI is InChI=1S/C75H91N/c1-7-12-16-22-38-74(39-23-17-13-8-2)66-27-21-20-26-60(66)62-44-64-65-45-63-61-37-34-58(73-50-55-42-56(51-73)49-72(48-55,52-73)57-32-30-54(11-5)31-33-57)43-67(61)75(40-24-18-14-9-3,41-25-19-15-10-4)69(63)47-71(65)76(70(64)46-68(62)74)59-35-28-53(6)29-36-59/h11,20-21,26-37,43-47,55-56H,5,7-10,12-19,22-25,38-42,48-52H2,1-4,6H3. The van der Waals surface area contributed by atoms with Crippen LogP contribution in [0.2, 0.25) is 0 Å². The fraction of sp³-hybridized carbons (Fsp3) is 0.493. The highest BCUT2D eigenvalue weighted by molar-refractivity contribution is 6.13. The second kappa shape index (κ2) is 21.2. The van der Waals surface area contributed by atoms with Gasteiger partial charge in [-0.3, -0.25) is 0 Å². The molecule has 0 N–H and O–H groups in total. The molecule has 7 aromatic rings. The third kappa shape index (κ3) is 8.70. The molecular weight excluding hydrogens is 915 g/mol. The van der Waals surface area contributed by atoms with Gasteiger partial charge in [-0.15, -0.1) is 0 Å². The van der Waals surface area contributed by atoms with Gasteiger partial charge in [0, 0.05) is 27.3 Å². The van der Waals surface area contributed by atoms with Crippen LogP contribution in [-0.4, -0.2) is 4.57 Å². The number of aryl methyl sites for hydroxylation is 1. The maximum atomic E-state index is 4.11. The summed E-state index contributed by atoms with van der Waals surface area (Å²) in [6, 6.07) is 48.0. The molecule has 0 radical (unpaired) electrons. The molecule has 76 heavy (non-hydrogen) atoms. The molecule has 2 unspecified atom stereocenters. The summed E-state index contributed by atoms with van der Waals surface area (Å²) in [6.45, 7) is 15.9. The molecule has 1 nitrogen and oxygen atoms in total. The Labute approximate surface area is 459 Å². The van der Waals surface area contributed by atoms with Crippen molar-refractivity contribution in [2.45, 2.75) is 223 Å². The average Bonchev–Trinajstić information content (AvgIpc) is 4.04. The lowest BCUT2D eigenvalue weighted by atomic mass is 9.41. The Bertz CT molecular complexity index is 3170. The summed E-state index contributed by atoms with van der Waals surface area (Å²) in [4.78, 5) is 0. The van der Waals surface area contributed by atoms with Crippen LogP contribution in [0.4, 0.5) is 0 Å². The smallest absolute Gasteiger partial charge is 0.0544 e. The Hall–Kier alpha value is -5.14. The molecule has 6 aromatic carbocycles. The summed E-state index contributed by atoms with van der Waals surface area (Å²) in [5, 5.41) is 2.84. The van der Waals surface area contributed by atoms with Crippen LogP contribution in [0.3, 0.4) is 0 Å². The number of benzene rings is 6. The molecule has 6 aliphatic rings. The van der Waals surface area contributed by atoms with Crippen molar-refractivity contribution in [2.24, 2.45) is 11.8 Å². The summed E-state index contributed by atoms with van der Waals surface area (Å²) < 4.78 is 2.73. The van der Waals surface area contributed by atoms with Crippen molar-refractivity contribution in [2.75, 3.05) is 0 Å². The highest BCUT2D eigenvalue weighted by atomic mass is 15.0. The molecule has 0 saturated heterocycles. The van der Waals surface area contributed by atoms with E-state index in [4.69, 9.17) is 0 Å². The van der Waals surface area contributed by atoms with Crippen LogP contribution < -0.4 is 0 Å². The number of hydrogen-bond donors (Lipinski definition) is 0. The minimum Gasteiger partial charge on any atom is -0.309 e. The van der Waals surface area contributed by atoms with Gasteiger partial charge in [0.1, 0.15) is 0 Å². The van der Waals surface area contributed by atoms with E-state index in [-0.39, 0.29) is 21.7 Å². The first-order valence-corrected chi connectivity index (χ1v) is 31.4. The zero-order valence-corrected chi connectivity index (χ0v) is 47.7. The maximum Gasteiger partial charge on any atom is 0.0544 e. The summed E-state index contributed by atoms with van der Waals surface area (Å²) in [6.07, 6.45) is 35.9. The summed E-state index contributed by atoms with van der Waals surface area (Å²) >= 11 is 0. The van der Waals surface area contributed by atoms with Gasteiger partial charge in [0.05, 0.1) is 11.0 Å². The van der Waals surface area contributed by atoms with Gasteiger partial charge in [0.15, 0.2) is 0 Å². The van der Waals surface area contributed by atoms with E-state index in [2.05, 4.69) is 161 Å². The fourth-order valence-electron chi connectivity index (χ4n) is 17.9. The van der Waals surface area contributed by atoms with E-state index in [1.807, 2.05) is 6.08 Å². The van der Waals surface area contributed by atoms with Crippen LogP contribution in [0.25, 0.3) is 55.8 Å². The Morgan fingerprint density at radius 3 is 1.43 bits per heavy atom. The number of hydrogen-bond acceptors (Lipinski definition) is 0. The van der Waals surface area contributed by atoms with E-state index in [1.165, 1.54) is 228 Å². The second-order valence-corrected chi connectivity index (χ2v) is 26.1. The molecule has 1 heteroatoms. The van der Waals surface area contributed by atoms with Crippen LogP contribution in [0.1, 0.15) is 239 Å². The lowest BCUT2D eigenvalue weighted by molar-refractivity contribution is -0.0281. The highest BCUT2D eigenvalue weighted by Crippen LogP contribution is 2.67. The Morgan fingerprint density at radius 1 is 0.461 bits per heavy atom. The Balaban J connectivity index is 1.07. The normalized spacial score (nSPS) is 22.1. The first-order chi connectivity index (χ1) is 37.2. The number of unbranched alkanes of at least 4 members (excludes halogenated alkanes) is 12. The topological polar surface area (TPSA) is 4.93 Å². The van der Waals surface area contributed by atoms with Crippen LogP contribution in [0.15, 0.2) is 122 Å². The van der Waals surface area contributed by atoms with Gasteiger partial charge in [-0.25, -0.2) is 0 Å². The first-order valence-electron chi connectivity index (χ1n) is 31.4. The van der Waals surface area contributed by atoms with E-state index >= 15 is 0 Å². The van der Waals surface area contributed by atoms with E-state index in [0.717, 1.165) is 11.8 Å². The van der Waals surface area contributed by atoms with Crippen molar-refractivity contribution in [3.05, 3.63) is 166 Å². The summed E-state index contributed by atoms with van der Waals surface area (Å²) in [7, 11) is 0. The van der Waals surface area contributed by atoms with Crippen LogP contribution >= 0.6 is 0 Å². The molecule has 4 saturated carbocycles. The molecule has 6 aliphatic carbocycles. The number of nitrogens with zero attached hydrogens (tertiary/aromatic N) is 1. The third-order valence-corrected chi connectivity index (χ3v) is 21.2. The van der Waals surface area contributed by atoms with Gasteiger partial charge in [0.2, 0.25) is 0 Å². The predicted molar refractivity (Wildman–Crippen MR) is 328 cm³/mol. The minimum absolute atomic E-state index is 0.0156. The van der Waals surface area contributed by atoms with Crippen LogP contribution in [0.5, 0.6) is 0 Å². The van der Waals surface area contributed by atoms with Crippen molar-refractivity contribution in [1.82, 2.24) is 4.57 Å². The third-order valence-electron chi connectivity index (χ3n) is 21.2. The Kier molecular flexibility index (Phi) is 14.4. The molecule has 4 fully saturated rings. The van der Waals surface area contributed by atoms with Crippen molar-refractivity contribution in [3.63, 3.8) is 0 Å². The van der Waals surface area contributed by atoms with Gasteiger partial charge in [0.25, 0.3) is 0 Å². The monoisotopic (exact) mass is 1010 g/mol. The van der Waals surface area contributed by atoms with Crippen molar-refractivity contribution < 1.29 is 0 Å². The fourth-order valence-corrected chi connectivity index (χ4v) is 17.9. The minimum atomic E-state index is -0.0156. The van der Waals surface area contributed by atoms with Gasteiger partial charge in [-0.05, 0) is 191 Å². The van der Waals surface area contributed by atoms with Gasteiger partial charge < -0.3 is 4.57 Å². The van der Waals surface area contributed by atoms with Crippen LogP contribution in [-0.2, 0) is 21.7 Å². The van der Waals surface area contributed by atoms with E-state index in [1.54, 1.807) is 33.4 Å². The molecular formula is C75H91N. The number of aromatic nitrogens is 1. The average molecular weight is 1010 g/mol. The largest absolute Gasteiger partial charge is 0.309 e. The predicted octanol–water partition coefficient (Wildman–Crippen LogP) is 21.9. The SMILES string of the molecule is C=Cc1ccc(C23CC4CC(C2)CC(c2ccc5c(c2)C(CCCCCC)(CCCCCC)c2cc6c(cc2-5)c2cc5c(cc2n6-c2ccc(C)cc2)C(CCCCCC)(CCCCCC)c2ccccc2-5)(C4)C3)cc1. The van der Waals surface area contributed by atoms with E-state index in [0.29, 0.717) is 0 Å². The molecule has 2 atom stereocenters. The zero-order chi connectivity index (χ0) is 52.1. The molecule has 396 valence electrons. The molecule has 0 aliphatic heterocycles. The van der Waals surface area contributed by atoms with Gasteiger partial charge >= 0.3 is 0 Å². The Morgan fingerprint density at radius 2 is 0.921 bits per heavy atom. The zero-order valence-electron chi connectivity index (χ0n) is 47.7. The van der Waals surface area contributed by atoms with E-state index < -0.39 is 0 Å². The number of rotatable bonds is 24. The second-order valence-electron chi connectivity index (χ2n) is 26.1. The summed E-state index contributed by atoms with van der Waals surface area (Å²) in [5.41, 5.74) is 23.0. The molecule has 13 rings (SSSR count). The maximum absolute atomic E-state index is 4.11.